The minimum atomic E-state index is 0.0979. The maximum Gasteiger partial charge on any atom is 0.123 e. The smallest absolute Gasteiger partial charge is 0.123 e. The van der Waals surface area contributed by atoms with Crippen LogP contribution in [-0.4, -0.2) is 12.6 Å². The lowest BCUT2D eigenvalue weighted by molar-refractivity contribution is 0.329. The minimum absolute atomic E-state index is 0.0979. The van der Waals surface area contributed by atoms with Crippen molar-refractivity contribution in [3.05, 3.63) is 28.8 Å². The van der Waals surface area contributed by atoms with E-state index in [0.717, 1.165) is 18.6 Å². The second-order valence-electron chi connectivity index (χ2n) is 6.33. The van der Waals surface area contributed by atoms with Crippen molar-refractivity contribution in [3.8, 4) is 5.75 Å². The molecule has 1 aromatic rings. The van der Waals surface area contributed by atoms with Crippen LogP contribution in [0.5, 0.6) is 5.75 Å². The van der Waals surface area contributed by atoms with Gasteiger partial charge in [-0.25, -0.2) is 0 Å². The molecule has 2 N–H and O–H groups in total. The van der Waals surface area contributed by atoms with Crippen LogP contribution >= 0.6 is 0 Å². The standard InChI is InChI=1S/C17H29NO/c1-7-14(18)10-13-11-16(19-8-2)15(9-12(13)3)17(4,5)6/h9,11,14H,7-8,10,18H2,1-6H3. The van der Waals surface area contributed by atoms with E-state index in [2.05, 4.69) is 46.8 Å². The number of nitrogens with two attached hydrogens (primary N) is 1. The van der Waals surface area contributed by atoms with Gasteiger partial charge in [0.1, 0.15) is 5.75 Å². The molecule has 2 nitrogen and oxygen atoms in total. The molecule has 0 spiro atoms. The van der Waals surface area contributed by atoms with Crippen molar-refractivity contribution in [1.29, 1.82) is 0 Å². The molecule has 0 heterocycles. The predicted octanol–water partition coefficient (Wildman–Crippen LogP) is 3.97. The van der Waals surface area contributed by atoms with Crippen molar-refractivity contribution >= 4 is 0 Å². The first-order valence-electron chi connectivity index (χ1n) is 7.32. The van der Waals surface area contributed by atoms with Gasteiger partial charge in [-0.1, -0.05) is 33.8 Å². The highest BCUT2D eigenvalue weighted by Gasteiger charge is 2.21. The Morgan fingerprint density at radius 3 is 2.32 bits per heavy atom. The lowest BCUT2D eigenvalue weighted by atomic mass is 9.83. The normalized spacial score (nSPS) is 13.4. The summed E-state index contributed by atoms with van der Waals surface area (Å²) in [6.07, 6.45) is 1.93. The van der Waals surface area contributed by atoms with Gasteiger partial charge in [-0.2, -0.15) is 0 Å². The van der Waals surface area contributed by atoms with Crippen LogP contribution in [0.2, 0.25) is 0 Å². The van der Waals surface area contributed by atoms with Crippen LogP contribution in [0.3, 0.4) is 0 Å². The summed E-state index contributed by atoms with van der Waals surface area (Å²) in [5.41, 5.74) is 10.1. The highest BCUT2D eigenvalue weighted by Crippen LogP contribution is 2.34. The van der Waals surface area contributed by atoms with E-state index in [9.17, 15) is 0 Å². The van der Waals surface area contributed by atoms with Gasteiger partial charge >= 0.3 is 0 Å². The van der Waals surface area contributed by atoms with Gasteiger partial charge in [0, 0.05) is 6.04 Å². The maximum absolute atomic E-state index is 6.08. The molecule has 0 aliphatic carbocycles. The molecule has 0 aromatic heterocycles. The van der Waals surface area contributed by atoms with Gasteiger partial charge in [0.05, 0.1) is 6.61 Å². The zero-order chi connectivity index (χ0) is 14.6. The molecule has 0 fully saturated rings. The Morgan fingerprint density at radius 1 is 1.21 bits per heavy atom. The fraction of sp³-hybridized carbons (Fsp3) is 0.647. The van der Waals surface area contributed by atoms with Crippen LogP contribution in [0.15, 0.2) is 12.1 Å². The van der Waals surface area contributed by atoms with Crippen LogP contribution in [0.25, 0.3) is 0 Å². The third kappa shape index (κ3) is 4.24. The highest BCUT2D eigenvalue weighted by molar-refractivity contribution is 5.46. The zero-order valence-corrected chi connectivity index (χ0v) is 13.3. The summed E-state index contributed by atoms with van der Waals surface area (Å²) in [5, 5.41) is 0. The van der Waals surface area contributed by atoms with Crippen LogP contribution in [0, 0.1) is 6.92 Å². The topological polar surface area (TPSA) is 35.2 Å². The molecule has 1 rings (SSSR count). The third-order valence-corrected chi connectivity index (χ3v) is 3.55. The van der Waals surface area contributed by atoms with Crippen molar-refractivity contribution in [2.24, 2.45) is 5.73 Å². The van der Waals surface area contributed by atoms with Crippen LogP contribution in [0.4, 0.5) is 0 Å². The van der Waals surface area contributed by atoms with Crippen molar-refractivity contribution in [1.82, 2.24) is 0 Å². The van der Waals surface area contributed by atoms with Gasteiger partial charge in [0.2, 0.25) is 0 Å². The van der Waals surface area contributed by atoms with E-state index in [0.29, 0.717) is 6.61 Å². The number of hydrogen-bond donors (Lipinski definition) is 1. The lowest BCUT2D eigenvalue weighted by Crippen LogP contribution is -2.22. The summed E-state index contributed by atoms with van der Waals surface area (Å²) in [6, 6.07) is 4.69. The van der Waals surface area contributed by atoms with Gasteiger partial charge in [-0.15, -0.1) is 0 Å². The largest absolute Gasteiger partial charge is 0.494 e. The molecule has 0 bridgehead atoms. The van der Waals surface area contributed by atoms with Gasteiger partial charge in [-0.05, 0) is 54.9 Å². The number of benzene rings is 1. The third-order valence-electron chi connectivity index (χ3n) is 3.55. The molecule has 19 heavy (non-hydrogen) atoms. The first-order chi connectivity index (χ1) is 8.79. The van der Waals surface area contributed by atoms with Gasteiger partial charge in [0.25, 0.3) is 0 Å². The van der Waals surface area contributed by atoms with Crippen LogP contribution in [-0.2, 0) is 11.8 Å². The molecule has 1 unspecified atom stereocenters. The van der Waals surface area contributed by atoms with Crippen molar-refractivity contribution in [2.75, 3.05) is 6.61 Å². The molecule has 0 saturated carbocycles. The van der Waals surface area contributed by atoms with E-state index < -0.39 is 0 Å². The Hall–Kier alpha value is -1.02. The zero-order valence-electron chi connectivity index (χ0n) is 13.3. The lowest BCUT2D eigenvalue weighted by Gasteiger charge is -2.25. The molecule has 1 aromatic carbocycles. The molecule has 0 radical (unpaired) electrons. The first kappa shape index (κ1) is 16.0. The van der Waals surface area contributed by atoms with E-state index in [1.165, 1.54) is 16.7 Å². The summed E-state index contributed by atoms with van der Waals surface area (Å²) in [5.74, 6) is 1.01. The minimum Gasteiger partial charge on any atom is -0.494 e. The molecular weight excluding hydrogens is 234 g/mol. The maximum atomic E-state index is 6.08. The van der Waals surface area contributed by atoms with Crippen molar-refractivity contribution in [3.63, 3.8) is 0 Å². The fourth-order valence-corrected chi connectivity index (χ4v) is 2.24. The molecule has 0 amide bonds. The van der Waals surface area contributed by atoms with E-state index in [1.807, 2.05) is 6.92 Å². The van der Waals surface area contributed by atoms with E-state index in [1.54, 1.807) is 0 Å². The summed E-state index contributed by atoms with van der Waals surface area (Å²) >= 11 is 0. The number of hydrogen-bond acceptors (Lipinski definition) is 2. The Kier molecular flexibility index (Phi) is 5.42. The molecule has 108 valence electrons. The number of ether oxygens (including phenoxy) is 1. The van der Waals surface area contributed by atoms with E-state index in [-0.39, 0.29) is 11.5 Å². The molecule has 2 heteroatoms. The molecule has 0 aliphatic heterocycles. The highest BCUT2D eigenvalue weighted by atomic mass is 16.5. The Labute approximate surface area is 118 Å². The average molecular weight is 263 g/mol. The van der Waals surface area contributed by atoms with Crippen LogP contribution in [0.1, 0.15) is 57.7 Å². The van der Waals surface area contributed by atoms with Gasteiger partial charge in [-0.3, -0.25) is 0 Å². The average Bonchev–Trinajstić information content (AvgIpc) is 2.31. The summed E-state index contributed by atoms with van der Waals surface area (Å²) in [7, 11) is 0. The second-order valence-corrected chi connectivity index (χ2v) is 6.33. The number of aryl methyl sites for hydroxylation is 1. The summed E-state index contributed by atoms with van der Waals surface area (Å²) in [4.78, 5) is 0. The Balaban J connectivity index is 3.20. The molecule has 0 saturated heterocycles. The van der Waals surface area contributed by atoms with Crippen LogP contribution < -0.4 is 10.5 Å². The molecule has 1 atom stereocenters. The SMILES string of the molecule is CCOc1cc(CC(N)CC)c(C)cc1C(C)(C)C. The Morgan fingerprint density at radius 2 is 1.84 bits per heavy atom. The first-order valence-corrected chi connectivity index (χ1v) is 7.32. The molecule has 0 aliphatic rings. The van der Waals surface area contributed by atoms with E-state index >= 15 is 0 Å². The second kappa shape index (κ2) is 6.42. The number of rotatable bonds is 5. The quantitative estimate of drug-likeness (QED) is 0.872. The Bertz CT molecular complexity index is 418. The monoisotopic (exact) mass is 263 g/mol. The fourth-order valence-electron chi connectivity index (χ4n) is 2.24. The predicted molar refractivity (Wildman–Crippen MR) is 83.0 cm³/mol. The summed E-state index contributed by atoms with van der Waals surface area (Å²) < 4.78 is 5.83. The van der Waals surface area contributed by atoms with E-state index in [4.69, 9.17) is 10.5 Å². The van der Waals surface area contributed by atoms with Crippen molar-refractivity contribution in [2.45, 2.75) is 65.8 Å². The molecular formula is C17H29NO. The van der Waals surface area contributed by atoms with Gasteiger partial charge in [0.15, 0.2) is 0 Å². The summed E-state index contributed by atoms with van der Waals surface area (Å²) in [6.45, 7) is 13.7. The van der Waals surface area contributed by atoms with Crippen molar-refractivity contribution < 1.29 is 4.74 Å². The van der Waals surface area contributed by atoms with Gasteiger partial charge < -0.3 is 10.5 Å².